The van der Waals surface area contributed by atoms with Gasteiger partial charge in [-0.25, -0.2) is 16.8 Å². The SMILES string of the molecule is O=S(=O)([N-]S(=O)(=O)c1ccccc1)c1ccccc1.[CH3-].[Pd+2]. The van der Waals surface area contributed by atoms with Gasteiger partial charge in [0.1, 0.15) is 20.0 Å². The second-order valence-corrected chi connectivity index (χ2v) is 7.09. The smallest absolute Gasteiger partial charge is 0.428 e. The van der Waals surface area contributed by atoms with Crippen LogP contribution in [-0.2, 0) is 40.5 Å². The predicted octanol–water partition coefficient (Wildman–Crippen LogP) is 2.59. The Kier molecular flexibility index (Phi) is 7.44. The minimum absolute atomic E-state index is 0. The van der Waals surface area contributed by atoms with Crippen LogP contribution in [0.5, 0.6) is 0 Å². The number of nitrogens with zero attached hydrogens (tertiary/aromatic N) is 1. The quantitative estimate of drug-likeness (QED) is 0.565. The van der Waals surface area contributed by atoms with Gasteiger partial charge in [0.05, 0.1) is 0 Å². The van der Waals surface area contributed by atoms with Crippen molar-refractivity contribution in [1.82, 2.24) is 0 Å². The zero-order valence-corrected chi connectivity index (χ0v) is 14.2. The minimum atomic E-state index is -4.23. The summed E-state index contributed by atoms with van der Waals surface area (Å²) in [6, 6.07) is 14.4. The molecule has 0 N–H and O–H groups in total. The summed E-state index contributed by atoms with van der Waals surface area (Å²) in [5.74, 6) is 0. The van der Waals surface area contributed by atoms with Gasteiger partial charge in [0.15, 0.2) is 0 Å². The molecule has 21 heavy (non-hydrogen) atoms. The van der Waals surface area contributed by atoms with Gasteiger partial charge >= 0.3 is 20.4 Å². The van der Waals surface area contributed by atoms with E-state index in [1.54, 1.807) is 12.1 Å². The van der Waals surface area contributed by atoms with Gasteiger partial charge in [-0.2, -0.15) is 0 Å². The van der Waals surface area contributed by atoms with Crippen LogP contribution in [0.25, 0.3) is 4.13 Å². The molecule has 0 amide bonds. The summed E-state index contributed by atoms with van der Waals surface area (Å²) in [4.78, 5) is -0.316. The number of sulfonamides is 2. The second-order valence-electron chi connectivity index (χ2n) is 3.65. The van der Waals surface area contributed by atoms with Crippen molar-refractivity contribution >= 4 is 20.0 Å². The van der Waals surface area contributed by atoms with Crippen LogP contribution in [0.2, 0.25) is 0 Å². The molecule has 0 aliphatic heterocycles. The van der Waals surface area contributed by atoms with Crippen molar-refractivity contribution in [2.45, 2.75) is 9.79 Å². The second kappa shape index (κ2) is 7.82. The monoisotopic (exact) mass is 417 g/mol. The van der Waals surface area contributed by atoms with Gasteiger partial charge in [0, 0.05) is 9.79 Å². The van der Waals surface area contributed by atoms with Crippen LogP contribution in [-0.4, -0.2) is 16.8 Å². The van der Waals surface area contributed by atoms with E-state index in [9.17, 15) is 16.8 Å². The summed E-state index contributed by atoms with van der Waals surface area (Å²) < 4.78 is 50.5. The molecule has 0 saturated heterocycles. The molecule has 8 heteroatoms. The van der Waals surface area contributed by atoms with Crippen LogP contribution in [0.15, 0.2) is 70.5 Å². The number of hydrogen-bond acceptors (Lipinski definition) is 4. The molecule has 0 unspecified atom stereocenters. The van der Waals surface area contributed by atoms with Gasteiger partial charge in [-0.3, -0.25) is 0 Å². The van der Waals surface area contributed by atoms with E-state index in [-0.39, 0.29) is 37.6 Å². The Balaban J connectivity index is 0.00000200. The summed E-state index contributed by atoms with van der Waals surface area (Å²) in [7, 11) is -8.46. The topological polar surface area (TPSA) is 82.4 Å². The molecule has 0 aromatic heterocycles. The van der Waals surface area contributed by atoms with Gasteiger partial charge < -0.3 is 11.6 Å². The summed E-state index contributed by atoms with van der Waals surface area (Å²) in [5.41, 5.74) is 0. The molecule has 2 rings (SSSR count). The van der Waals surface area contributed by atoms with E-state index in [0.29, 0.717) is 0 Å². The maximum Gasteiger partial charge on any atom is 2.00 e. The van der Waals surface area contributed by atoms with Crippen molar-refractivity contribution in [3.8, 4) is 0 Å². The summed E-state index contributed by atoms with van der Waals surface area (Å²) >= 11 is 0. The molecule has 0 spiro atoms. The molecule has 5 nitrogen and oxygen atoms in total. The normalized spacial score (nSPS) is 11.0. The molecular weight excluding hydrogens is 405 g/mol. The van der Waals surface area contributed by atoms with Crippen molar-refractivity contribution in [1.29, 1.82) is 0 Å². The Morgan fingerprint density at radius 1 is 0.619 bits per heavy atom. The molecule has 0 bridgehead atoms. The zero-order chi connectivity index (χ0) is 13.9. The van der Waals surface area contributed by atoms with Crippen molar-refractivity contribution in [2.75, 3.05) is 0 Å². The Morgan fingerprint density at radius 2 is 0.905 bits per heavy atom. The van der Waals surface area contributed by atoms with Crippen LogP contribution in [0, 0.1) is 7.43 Å². The maximum atomic E-state index is 11.9. The molecule has 0 saturated carbocycles. The van der Waals surface area contributed by atoms with Gasteiger partial charge in [0.25, 0.3) is 0 Å². The Morgan fingerprint density at radius 3 is 1.19 bits per heavy atom. The van der Waals surface area contributed by atoms with E-state index in [0.717, 1.165) is 0 Å². The van der Waals surface area contributed by atoms with Crippen LogP contribution < -0.4 is 0 Å². The van der Waals surface area contributed by atoms with Crippen LogP contribution in [0.1, 0.15) is 0 Å². The largest absolute Gasteiger partial charge is 2.00 e. The fourth-order valence-corrected chi connectivity index (χ4v) is 4.12. The van der Waals surface area contributed by atoms with E-state index in [1.165, 1.54) is 48.5 Å². The fraction of sp³-hybridized carbons (Fsp3) is 0. The first-order valence-electron chi connectivity index (χ1n) is 5.26. The fourth-order valence-electron chi connectivity index (χ4n) is 1.40. The molecule has 116 valence electrons. The molecule has 2 aromatic rings. The van der Waals surface area contributed by atoms with Crippen LogP contribution in [0.3, 0.4) is 0 Å². The number of rotatable bonds is 4. The van der Waals surface area contributed by atoms with Gasteiger partial charge in [-0.15, -0.1) is 0 Å². The van der Waals surface area contributed by atoms with Crippen LogP contribution in [0.4, 0.5) is 0 Å². The zero-order valence-electron chi connectivity index (χ0n) is 11.0. The maximum absolute atomic E-state index is 11.9. The van der Waals surface area contributed by atoms with Gasteiger partial charge in [-0.1, -0.05) is 36.4 Å². The first-order valence-corrected chi connectivity index (χ1v) is 8.14. The third-order valence-corrected chi connectivity index (χ3v) is 5.58. The number of hydrogen-bond donors (Lipinski definition) is 0. The summed E-state index contributed by atoms with van der Waals surface area (Å²) in [5, 5.41) is 0. The predicted molar refractivity (Wildman–Crippen MR) is 77.0 cm³/mol. The molecule has 0 radical (unpaired) electrons. The molecule has 0 aliphatic carbocycles. The summed E-state index contributed by atoms with van der Waals surface area (Å²) in [6.07, 6.45) is 0. The number of benzene rings is 2. The van der Waals surface area contributed by atoms with Gasteiger partial charge in [0.2, 0.25) is 0 Å². The average molecular weight is 418 g/mol. The van der Waals surface area contributed by atoms with Crippen LogP contribution >= 0.6 is 0 Å². The molecule has 0 heterocycles. The third kappa shape index (κ3) is 5.02. The van der Waals surface area contributed by atoms with E-state index in [2.05, 4.69) is 4.13 Å². The van der Waals surface area contributed by atoms with E-state index < -0.39 is 20.0 Å². The first kappa shape index (κ1) is 20.0. The Bertz CT molecular complexity index is 693. The third-order valence-electron chi connectivity index (χ3n) is 2.28. The average Bonchev–Trinajstić information content (AvgIpc) is 2.40. The molecule has 0 atom stereocenters. The van der Waals surface area contributed by atoms with E-state index in [1.807, 2.05) is 0 Å². The van der Waals surface area contributed by atoms with E-state index >= 15 is 0 Å². The molecular formula is C13H13NO4PdS2. The standard InChI is InChI=1S/C12H10NO4S2.CH3.Pd/c14-18(15,11-7-3-1-4-8-11)13-19(16,17)12-9-5-2-6-10-12;;/h1-10H;1H3;/q2*-1;+2. The molecule has 0 fully saturated rings. The molecule has 0 aliphatic rings. The Hall–Kier alpha value is -1.04. The Labute approximate surface area is 139 Å². The minimum Gasteiger partial charge on any atom is -0.428 e. The van der Waals surface area contributed by atoms with Crippen molar-refractivity contribution in [3.05, 3.63) is 72.2 Å². The van der Waals surface area contributed by atoms with Crippen molar-refractivity contribution < 1.29 is 37.3 Å². The summed E-state index contributed by atoms with van der Waals surface area (Å²) in [6.45, 7) is 0. The molecule has 2 aromatic carbocycles. The first-order chi connectivity index (χ1) is 8.92. The van der Waals surface area contributed by atoms with Gasteiger partial charge in [-0.05, 0) is 24.3 Å². The van der Waals surface area contributed by atoms with Crippen molar-refractivity contribution in [2.24, 2.45) is 0 Å². The van der Waals surface area contributed by atoms with E-state index in [4.69, 9.17) is 0 Å². The van der Waals surface area contributed by atoms with Crippen molar-refractivity contribution in [3.63, 3.8) is 0 Å².